The lowest BCUT2D eigenvalue weighted by molar-refractivity contribution is 0.457. The van der Waals surface area contributed by atoms with E-state index in [4.69, 9.17) is 4.42 Å². The molecule has 0 radical (unpaired) electrons. The van der Waals surface area contributed by atoms with Gasteiger partial charge in [0.15, 0.2) is 0 Å². The van der Waals surface area contributed by atoms with Gasteiger partial charge in [0, 0.05) is 12.4 Å². The Morgan fingerprint density at radius 1 is 1.38 bits per heavy atom. The Bertz CT molecular complexity index is 411. The lowest BCUT2D eigenvalue weighted by Crippen LogP contribution is -2.13. The zero-order valence-corrected chi connectivity index (χ0v) is 10.0. The van der Waals surface area contributed by atoms with E-state index in [9.17, 15) is 0 Å². The van der Waals surface area contributed by atoms with E-state index in [0.717, 1.165) is 36.2 Å². The van der Waals surface area contributed by atoms with Crippen LogP contribution in [0.4, 0.5) is 0 Å². The summed E-state index contributed by atoms with van der Waals surface area (Å²) in [5, 5.41) is 3.27. The number of thioether (sulfide) groups is 1. The topological polar surface area (TPSA) is 53.9 Å². The quantitative estimate of drug-likeness (QED) is 0.808. The summed E-state index contributed by atoms with van der Waals surface area (Å²) in [6.07, 6.45) is 5.64. The highest BCUT2D eigenvalue weighted by atomic mass is 32.2. The number of furan rings is 1. The van der Waals surface area contributed by atoms with E-state index < -0.39 is 0 Å². The zero-order chi connectivity index (χ0) is 11.2. The normalized spacial score (nSPS) is 10.8. The molecule has 4 nitrogen and oxygen atoms in total. The van der Waals surface area contributed by atoms with Crippen LogP contribution < -0.4 is 5.32 Å². The van der Waals surface area contributed by atoms with Gasteiger partial charge in [-0.2, -0.15) is 11.8 Å². The average molecular weight is 237 g/mol. The maximum absolute atomic E-state index is 5.63. The summed E-state index contributed by atoms with van der Waals surface area (Å²) in [5.41, 5.74) is 0. The maximum Gasteiger partial charge on any atom is 0.120 e. The molecular formula is C11H15N3OS. The standard InChI is InChI=1S/C11H15N3OS/c1-16-8-10-3-2-9(15-10)6-12-7-11-13-4-5-14-11/h2-5,12H,6-8H2,1H3,(H,13,14). The fourth-order valence-electron chi connectivity index (χ4n) is 1.44. The van der Waals surface area contributed by atoms with Crippen LogP contribution in [0.5, 0.6) is 0 Å². The van der Waals surface area contributed by atoms with Gasteiger partial charge in [0.2, 0.25) is 0 Å². The minimum Gasteiger partial charge on any atom is -0.464 e. The third-order valence-electron chi connectivity index (χ3n) is 2.15. The van der Waals surface area contributed by atoms with Crippen LogP contribution in [-0.2, 0) is 18.8 Å². The Labute approximate surface area is 98.8 Å². The molecule has 2 aromatic rings. The fourth-order valence-corrected chi connectivity index (χ4v) is 1.88. The minimum absolute atomic E-state index is 0.728. The highest BCUT2D eigenvalue weighted by Crippen LogP contribution is 2.13. The van der Waals surface area contributed by atoms with Crippen molar-refractivity contribution < 1.29 is 4.42 Å². The van der Waals surface area contributed by atoms with E-state index in [2.05, 4.69) is 21.5 Å². The first-order valence-corrected chi connectivity index (χ1v) is 6.53. The predicted molar refractivity (Wildman–Crippen MR) is 65.1 cm³/mol. The summed E-state index contributed by atoms with van der Waals surface area (Å²) in [6.45, 7) is 1.46. The third kappa shape index (κ3) is 3.15. The lowest BCUT2D eigenvalue weighted by atomic mass is 10.4. The highest BCUT2D eigenvalue weighted by molar-refractivity contribution is 7.97. The molecule has 0 bridgehead atoms. The largest absolute Gasteiger partial charge is 0.464 e. The van der Waals surface area contributed by atoms with Crippen LogP contribution in [0.15, 0.2) is 28.9 Å². The summed E-state index contributed by atoms with van der Waals surface area (Å²) in [7, 11) is 0. The Morgan fingerprint density at radius 3 is 3.00 bits per heavy atom. The van der Waals surface area contributed by atoms with E-state index in [1.54, 1.807) is 18.0 Å². The number of H-pyrrole nitrogens is 1. The van der Waals surface area contributed by atoms with Gasteiger partial charge in [-0.05, 0) is 18.4 Å². The van der Waals surface area contributed by atoms with Crippen molar-refractivity contribution in [2.24, 2.45) is 0 Å². The Kier molecular flexibility index (Phi) is 4.07. The summed E-state index contributed by atoms with van der Waals surface area (Å²) >= 11 is 1.76. The van der Waals surface area contributed by atoms with Crippen LogP contribution in [0.3, 0.4) is 0 Å². The summed E-state index contributed by atoms with van der Waals surface area (Å²) < 4.78 is 5.63. The van der Waals surface area contributed by atoms with Gasteiger partial charge >= 0.3 is 0 Å². The SMILES string of the molecule is CSCc1ccc(CNCc2ncc[nH]2)o1. The number of aromatic nitrogens is 2. The van der Waals surface area contributed by atoms with E-state index in [-0.39, 0.29) is 0 Å². The van der Waals surface area contributed by atoms with Crippen LogP contribution in [0.2, 0.25) is 0 Å². The Balaban J connectivity index is 1.76. The predicted octanol–water partition coefficient (Wildman–Crippen LogP) is 2.16. The maximum atomic E-state index is 5.63. The van der Waals surface area contributed by atoms with Gasteiger partial charge in [-0.3, -0.25) is 0 Å². The van der Waals surface area contributed by atoms with E-state index in [1.807, 2.05) is 18.3 Å². The van der Waals surface area contributed by atoms with Crippen LogP contribution in [0.25, 0.3) is 0 Å². The smallest absolute Gasteiger partial charge is 0.120 e. The molecule has 5 heteroatoms. The van der Waals surface area contributed by atoms with Gasteiger partial charge in [-0.15, -0.1) is 0 Å². The molecule has 0 saturated heterocycles. The van der Waals surface area contributed by atoms with Crippen molar-refractivity contribution in [2.75, 3.05) is 6.26 Å². The first-order valence-electron chi connectivity index (χ1n) is 5.14. The molecule has 2 N–H and O–H groups in total. The number of imidazole rings is 1. The molecule has 86 valence electrons. The summed E-state index contributed by atoms with van der Waals surface area (Å²) in [4.78, 5) is 7.17. The van der Waals surface area contributed by atoms with Crippen molar-refractivity contribution in [3.8, 4) is 0 Å². The van der Waals surface area contributed by atoms with Gasteiger partial charge in [-0.25, -0.2) is 4.98 Å². The summed E-state index contributed by atoms with van der Waals surface area (Å²) in [5.74, 6) is 3.87. The molecule has 0 amide bonds. The molecule has 2 heterocycles. The van der Waals surface area contributed by atoms with Crippen LogP contribution in [-0.4, -0.2) is 16.2 Å². The molecule has 0 aliphatic carbocycles. The van der Waals surface area contributed by atoms with E-state index in [0.29, 0.717) is 0 Å². The minimum atomic E-state index is 0.728. The number of nitrogens with one attached hydrogen (secondary N) is 2. The Morgan fingerprint density at radius 2 is 2.25 bits per heavy atom. The van der Waals surface area contributed by atoms with Crippen LogP contribution in [0.1, 0.15) is 17.3 Å². The molecular weight excluding hydrogens is 222 g/mol. The molecule has 2 aromatic heterocycles. The molecule has 0 aromatic carbocycles. The van der Waals surface area contributed by atoms with Gasteiger partial charge < -0.3 is 14.7 Å². The fraction of sp³-hybridized carbons (Fsp3) is 0.364. The van der Waals surface area contributed by atoms with Crippen molar-refractivity contribution in [2.45, 2.75) is 18.8 Å². The second kappa shape index (κ2) is 5.77. The molecule has 0 atom stereocenters. The van der Waals surface area contributed by atoms with Crippen molar-refractivity contribution in [3.63, 3.8) is 0 Å². The van der Waals surface area contributed by atoms with Crippen molar-refractivity contribution in [1.29, 1.82) is 0 Å². The summed E-state index contributed by atoms with van der Waals surface area (Å²) in [6, 6.07) is 4.04. The first-order chi connectivity index (χ1) is 7.88. The monoisotopic (exact) mass is 237 g/mol. The number of hydrogen-bond donors (Lipinski definition) is 2. The van der Waals surface area contributed by atoms with Crippen molar-refractivity contribution in [3.05, 3.63) is 41.9 Å². The van der Waals surface area contributed by atoms with Crippen LogP contribution in [0, 0.1) is 0 Å². The average Bonchev–Trinajstić information content (AvgIpc) is 2.90. The molecule has 0 aliphatic rings. The Hall–Kier alpha value is -1.20. The molecule has 0 unspecified atom stereocenters. The molecule has 16 heavy (non-hydrogen) atoms. The van der Waals surface area contributed by atoms with Gasteiger partial charge in [0.05, 0.1) is 18.8 Å². The first kappa shape index (κ1) is 11.3. The van der Waals surface area contributed by atoms with E-state index >= 15 is 0 Å². The van der Waals surface area contributed by atoms with Gasteiger partial charge in [0.1, 0.15) is 17.3 Å². The molecule has 0 saturated carbocycles. The number of hydrogen-bond acceptors (Lipinski definition) is 4. The number of aromatic amines is 1. The second-order valence-electron chi connectivity index (χ2n) is 3.44. The molecule has 2 rings (SSSR count). The second-order valence-corrected chi connectivity index (χ2v) is 4.31. The van der Waals surface area contributed by atoms with Gasteiger partial charge in [0.25, 0.3) is 0 Å². The van der Waals surface area contributed by atoms with Crippen LogP contribution >= 0.6 is 11.8 Å². The van der Waals surface area contributed by atoms with Gasteiger partial charge in [-0.1, -0.05) is 0 Å². The number of nitrogens with zero attached hydrogens (tertiary/aromatic N) is 1. The number of rotatable bonds is 6. The molecule has 0 spiro atoms. The molecule has 0 fully saturated rings. The van der Waals surface area contributed by atoms with Crippen molar-refractivity contribution >= 4 is 11.8 Å². The lowest BCUT2D eigenvalue weighted by Gasteiger charge is -1.99. The van der Waals surface area contributed by atoms with E-state index in [1.165, 1.54) is 0 Å². The third-order valence-corrected chi connectivity index (χ3v) is 2.72. The van der Waals surface area contributed by atoms with Crippen molar-refractivity contribution in [1.82, 2.24) is 15.3 Å². The zero-order valence-electron chi connectivity index (χ0n) is 9.19. The molecule has 0 aliphatic heterocycles. The highest BCUT2D eigenvalue weighted by Gasteiger charge is 2.01.